The summed E-state index contributed by atoms with van der Waals surface area (Å²) in [6.45, 7) is 2.73. The van der Waals surface area contributed by atoms with Gasteiger partial charge in [0.25, 0.3) is 0 Å². The van der Waals surface area contributed by atoms with Crippen molar-refractivity contribution in [3.05, 3.63) is 0 Å². The molecule has 5 heteroatoms. The average molecular weight is 249 g/mol. The average Bonchev–Trinajstić information content (AvgIpc) is 2.71. The molecule has 1 unspecified atom stereocenters. The summed E-state index contributed by atoms with van der Waals surface area (Å²) < 4.78 is 24.1. The molecule has 1 atom stereocenters. The standard InChI is InChI=1S/C11H23NO3S/c1-2-12-10(7-8-13)9-16(14,15)11-5-3-4-6-11/h10-13H,2-9H2,1H3. The molecule has 0 aliphatic heterocycles. The number of nitrogens with one attached hydrogen (secondary N) is 1. The van der Waals surface area contributed by atoms with Gasteiger partial charge in [-0.2, -0.15) is 0 Å². The molecule has 1 aliphatic carbocycles. The van der Waals surface area contributed by atoms with Crippen LogP contribution in [-0.2, 0) is 9.84 Å². The fourth-order valence-electron chi connectivity index (χ4n) is 2.35. The van der Waals surface area contributed by atoms with Crippen molar-refractivity contribution >= 4 is 9.84 Å². The van der Waals surface area contributed by atoms with Crippen molar-refractivity contribution in [1.29, 1.82) is 0 Å². The predicted molar refractivity (Wildman–Crippen MR) is 65.2 cm³/mol. The summed E-state index contributed by atoms with van der Waals surface area (Å²) in [4.78, 5) is 0. The third kappa shape index (κ3) is 4.03. The number of hydrogen-bond donors (Lipinski definition) is 2. The maximum Gasteiger partial charge on any atom is 0.154 e. The Morgan fingerprint density at radius 2 is 2.00 bits per heavy atom. The van der Waals surface area contributed by atoms with Crippen LogP contribution in [0.3, 0.4) is 0 Å². The minimum absolute atomic E-state index is 0.0395. The van der Waals surface area contributed by atoms with Gasteiger partial charge in [0.05, 0.1) is 11.0 Å². The Balaban J connectivity index is 2.54. The van der Waals surface area contributed by atoms with E-state index in [0.29, 0.717) is 6.42 Å². The maximum absolute atomic E-state index is 12.1. The zero-order chi connectivity index (χ0) is 12.0. The van der Waals surface area contributed by atoms with Gasteiger partial charge in [-0.15, -0.1) is 0 Å². The number of sulfone groups is 1. The lowest BCUT2D eigenvalue weighted by atomic mass is 10.2. The molecule has 0 bridgehead atoms. The van der Waals surface area contributed by atoms with Crippen LogP contribution in [-0.4, -0.2) is 43.7 Å². The van der Waals surface area contributed by atoms with Crippen molar-refractivity contribution in [2.75, 3.05) is 18.9 Å². The highest BCUT2D eigenvalue weighted by Gasteiger charge is 2.30. The zero-order valence-corrected chi connectivity index (χ0v) is 10.8. The minimum atomic E-state index is -2.98. The number of rotatable bonds is 7. The van der Waals surface area contributed by atoms with Gasteiger partial charge < -0.3 is 10.4 Å². The Hall–Kier alpha value is -0.130. The van der Waals surface area contributed by atoms with Crippen molar-refractivity contribution in [3.8, 4) is 0 Å². The number of hydrogen-bond acceptors (Lipinski definition) is 4. The van der Waals surface area contributed by atoms with E-state index < -0.39 is 9.84 Å². The molecule has 0 aromatic carbocycles. The first-order valence-corrected chi connectivity index (χ1v) is 7.87. The smallest absolute Gasteiger partial charge is 0.154 e. The summed E-state index contributed by atoms with van der Waals surface area (Å²) in [5.74, 6) is 0.173. The van der Waals surface area contributed by atoms with Crippen LogP contribution in [0, 0.1) is 0 Å². The molecule has 0 amide bonds. The molecule has 0 aromatic heterocycles. The van der Waals surface area contributed by atoms with E-state index in [2.05, 4.69) is 5.32 Å². The van der Waals surface area contributed by atoms with Gasteiger partial charge in [-0.3, -0.25) is 0 Å². The molecule has 1 fully saturated rings. The summed E-state index contributed by atoms with van der Waals surface area (Å²) >= 11 is 0. The lowest BCUT2D eigenvalue weighted by Crippen LogP contribution is -2.39. The monoisotopic (exact) mass is 249 g/mol. The molecular weight excluding hydrogens is 226 g/mol. The predicted octanol–water partition coefficient (Wildman–Crippen LogP) is 0.704. The van der Waals surface area contributed by atoms with E-state index in [0.717, 1.165) is 32.2 Å². The second kappa shape index (κ2) is 6.57. The van der Waals surface area contributed by atoms with E-state index in [-0.39, 0.29) is 23.7 Å². The molecule has 4 nitrogen and oxygen atoms in total. The quantitative estimate of drug-likeness (QED) is 0.697. The first kappa shape index (κ1) is 13.9. The molecule has 1 rings (SSSR count). The highest BCUT2D eigenvalue weighted by atomic mass is 32.2. The van der Waals surface area contributed by atoms with Crippen LogP contribution in [0.25, 0.3) is 0 Å². The lowest BCUT2D eigenvalue weighted by molar-refractivity contribution is 0.270. The van der Waals surface area contributed by atoms with Crippen molar-refractivity contribution in [2.24, 2.45) is 0 Å². The van der Waals surface area contributed by atoms with Gasteiger partial charge in [-0.1, -0.05) is 19.8 Å². The summed E-state index contributed by atoms with van der Waals surface area (Å²) in [7, 11) is -2.98. The highest BCUT2D eigenvalue weighted by Crippen LogP contribution is 2.25. The van der Waals surface area contributed by atoms with Crippen LogP contribution < -0.4 is 5.32 Å². The Bertz CT molecular complexity index is 278. The van der Waals surface area contributed by atoms with Gasteiger partial charge in [-0.05, 0) is 25.8 Å². The minimum Gasteiger partial charge on any atom is -0.396 e. The van der Waals surface area contributed by atoms with E-state index in [1.54, 1.807) is 0 Å². The molecule has 16 heavy (non-hydrogen) atoms. The molecule has 0 heterocycles. The third-order valence-corrected chi connectivity index (χ3v) is 5.57. The van der Waals surface area contributed by atoms with Crippen LogP contribution in [0.5, 0.6) is 0 Å². The van der Waals surface area contributed by atoms with E-state index in [4.69, 9.17) is 5.11 Å². The first-order chi connectivity index (χ1) is 7.60. The van der Waals surface area contributed by atoms with Crippen LogP contribution in [0.1, 0.15) is 39.0 Å². The molecule has 96 valence electrons. The van der Waals surface area contributed by atoms with Crippen molar-refractivity contribution < 1.29 is 13.5 Å². The van der Waals surface area contributed by atoms with Gasteiger partial charge in [-0.25, -0.2) is 8.42 Å². The van der Waals surface area contributed by atoms with Gasteiger partial charge >= 0.3 is 0 Å². The Morgan fingerprint density at radius 3 is 2.50 bits per heavy atom. The largest absolute Gasteiger partial charge is 0.396 e. The molecule has 0 aromatic rings. The maximum atomic E-state index is 12.1. The summed E-state index contributed by atoms with van der Waals surface area (Å²) in [6, 6.07) is -0.0967. The van der Waals surface area contributed by atoms with E-state index in [1.165, 1.54) is 0 Å². The van der Waals surface area contributed by atoms with Crippen molar-refractivity contribution in [3.63, 3.8) is 0 Å². The Labute approximate surface area is 98.4 Å². The second-order valence-electron chi connectivity index (χ2n) is 4.50. The third-order valence-electron chi connectivity index (χ3n) is 3.21. The van der Waals surface area contributed by atoms with Gasteiger partial charge in [0.1, 0.15) is 0 Å². The molecule has 0 spiro atoms. The number of aliphatic hydroxyl groups excluding tert-OH is 1. The van der Waals surface area contributed by atoms with Gasteiger partial charge in [0.15, 0.2) is 9.84 Å². The fourth-order valence-corrected chi connectivity index (χ4v) is 4.52. The van der Waals surface area contributed by atoms with Crippen LogP contribution in [0.15, 0.2) is 0 Å². The van der Waals surface area contributed by atoms with Crippen LogP contribution in [0.2, 0.25) is 0 Å². The fraction of sp³-hybridized carbons (Fsp3) is 1.00. The van der Waals surface area contributed by atoms with Gasteiger partial charge in [0, 0.05) is 12.6 Å². The van der Waals surface area contributed by atoms with Crippen molar-refractivity contribution in [1.82, 2.24) is 5.32 Å². The van der Waals surface area contributed by atoms with Gasteiger partial charge in [0.2, 0.25) is 0 Å². The molecule has 0 saturated heterocycles. The number of aliphatic hydroxyl groups is 1. The topological polar surface area (TPSA) is 66.4 Å². The lowest BCUT2D eigenvalue weighted by Gasteiger charge is -2.19. The van der Waals surface area contributed by atoms with E-state index in [9.17, 15) is 8.42 Å². The highest BCUT2D eigenvalue weighted by molar-refractivity contribution is 7.92. The molecular formula is C11H23NO3S. The molecule has 1 aliphatic rings. The summed E-state index contributed by atoms with van der Waals surface area (Å²) in [5.41, 5.74) is 0. The Kier molecular flexibility index (Phi) is 5.72. The Morgan fingerprint density at radius 1 is 1.38 bits per heavy atom. The molecule has 2 N–H and O–H groups in total. The van der Waals surface area contributed by atoms with E-state index >= 15 is 0 Å². The SMILES string of the molecule is CCNC(CCO)CS(=O)(=O)C1CCCC1. The van der Waals surface area contributed by atoms with Crippen molar-refractivity contribution in [2.45, 2.75) is 50.3 Å². The second-order valence-corrected chi connectivity index (χ2v) is 6.83. The van der Waals surface area contributed by atoms with E-state index in [1.807, 2.05) is 6.92 Å². The van der Waals surface area contributed by atoms with Crippen LogP contribution in [0.4, 0.5) is 0 Å². The zero-order valence-electron chi connectivity index (χ0n) is 9.98. The first-order valence-electron chi connectivity index (χ1n) is 6.16. The summed E-state index contributed by atoms with van der Waals surface area (Å²) in [6.07, 6.45) is 4.23. The molecule has 1 saturated carbocycles. The normalized spacial score (nSPS) is 20.1. The van der Waals surface area contributed by atoms with Crippen LogP contribution >= 0.6 is 0 Å². The molecule has 0 radical (unpaired) electrons. The summed E-state index contributed by atoms with van der Waals surface area (Å²) in [5, 5.41) is 11.9.